The van der Waals surface area contributed by atoms with Gasteiger partial charge in [-0.25, -0.2) is 13.2 Å². The molecule has 0 heterocycles. The van der Waals surface area contributed by atoms with Crippen LogP contribution in [0.3, 0.4) is 0 Å². The van der Waals surface area contributed by atoms with Gasteiger partial charge in [0.1, 0.15) is 10.6 Å². The fraction of sp³-hybridized carbons (Fsp3) is 0.500. The standard InChI is InChI=1S/C26H38N2O5S/c1-6-10-16-27(17-11-7-2)23-18-21(26(29)30)19-24(34(31,32)28(8-3)9-4)25(23)33-22-14-12-20(5)13-15-22/h12-15,18-19H,6-11,16-17H2,1-5H3,(H,29,30). The molecule has 1 N–H and O–H groups in total. The van der Waals surface area contributed by atoms with E-state index in [-0.39, 0.29) is 29.3 Å². The molecule has 0 unspecified atom stereocenters. The van der Waals surface area contributed by atoms with E-state index in [1.54, 1.807) is 32.0 Å². The molecule has 188 valence electrons. The van der Waals surface area contributed by atoms with E-state index in [1.807, 2.05) is 19.1 Å². The van der Waals surface area contributed by atoms with Gasteiger partial charge in [0.25, 0.3) is 0 Å². The van der Waals surface area contributed by atoms with Gasteiger partial charge in [0.05, 0.1) is 11.3 Å². The van der Waals surface area contributed by atoms with Gasteiger partial charge in [-0.15, -0.1) is 0 Å². The average molecular weight is 491 g/mol. The fourth-order valence-electron chi connectivity index (χ4n) is 3.72. The van der Waals surface area contributed by atoms with Crippen molar-refractivity contribution in [1.82, 2.24) is 4.31 Å². The van der Waals surface area contributed by atoms with E-state index in [2.05, 4.69) is 18.7 Å². The highest BCUT2D eigenvalue weighted by Gasteiger charge is 2.31. The van der Waals surface area contributed by atoms with E-state index in [0.29, 0.717) is 24.5 Å². The lowest BCUT2D eigenvalue weighted by atomic mass is 10.1. The molecule has 0 saturated carbocycles. The third-order valence-corrected chi connectivity index (χ3v) is 7.81. The Morgan fingerprint density at radius 1 is 0.941 bits per heavy atom. The first-order valence-corrected chi connectivity index (χ1v) is 13.5. The first-order chi connectivity index (χ1) is 16.2. The molecule has 7 nitrogen and oxygen atoms in total. The van der Waals surface area contributed by atoms with Gasteiger partial charge < -0.3 is 14.7 Å². The Kier molecular flexibility index (Phi) is 10.4. The van der Waals surface area contributed by atoms with Crippen LogP contribution in [0.5, 0.6) is 11.5 Å². The number of unbranched alkanes of at least 4 members (excludes halogenated alkanes) is 2. The van der Waals surface area contributed by atoms with Crippen molar-refractivity contribution < 1.29 is 23.1 Å². The van der Waals surface area contributed by atoms with E-state index in [0.717, 1.165) is 31.2 Å². The van der Waals surface area contributed by atoms with Gasteiger partial charge in [-0.05, 0) is 44.0 Å². The number of aromatic carboxylic acids is 1. The summed E-state index contributed by atoms with van der Waals surface area (Å²) in [5, 5.41) is 9.83. The molecule has 34 heavy (non-hydrogen) atoms. The monoisotopic (exact) mass is 490 g/mol. The van der Waals surface area contributed by atoms with E-state index < -0.39 is 16.0 Å². The number of hydrogen-bond donors (Lipinski definition) is 1. The molecule has 0 atom stereocenters. The molecule has 0 aliphatic rings. The molecule has 0 radical (unpaired) electrons. The number of nitrogens with zero attached hydrogens (tertiary/aromatic N) is 2. The summed E-state index contributed by atoms with van der Waals surface area (Å²) in [6.45, 7) is 11.6. The predicted molar refractivity (Wildman–Crippen MR) is 137 cm³/mol. The lowest BCUT2D eigenvalue weighted by molar-refractivity contribution is 0.0696. The van der Waals surface area contributed by atoms with Crippen LogP contribution in [0, 0.1) is 6.92 Å². The van der Waals surface area contributed by atoms with Crippen molar-refractivity contribution in [2.75, 3.05) is 31.1 Å². The summed E-state index contributed by atoms with van der Waals surface area (Å²) in [6.07, 6.45) is 3.70. The molecule has 0 aliphatic heterocycles. The quantitative estimate of drug-likeness (QED) is 0.354. The summed E-state index contributed by atoms with van der Waals surface area (Å²) in [5.41, 5.74) is 1.47. The van der Waals surface area contributed by atoms with Crippen molar-refractivity contribution in [2.45, 2.75) is 65.2 Å². The van der Waals surface area contributed by atoms with Crippen LogP contribution < -0.4 is 9.64 Å². The summed E-state index contributed by atoms with van der Waals surface area (Å²) in [5.74, 6) is -0.505. The zero-order valence-electron chi connectivity index (χ0n) is 21.0. The molecule has 8 heteroatoms. The third kappa shape index (κ3) is 6.73. The minimum Gasteiger partial charge on any atom is -0.478 e. The zero-order valence-corrected chi connectivity index (χ0v) is 21.8. The van der Waals surface area contributed by atoms with Crippen molar-refractivity contribution in [2.24, 2.45) is 0 Å². The molecule has 2 rings (SSSR count). The molecule has 0 fully saturated rings. The number of carboxylic acid groups (broad SMARTS) is 1. The molecular formula is C26H38N2O5S. The van der Waals surface area contributed by atoms with Crippen LogP contribution in [0.25, 0.3) is 0 Å². The smallest absolute Gasteiger partial charge is 0.335 e. The number of hydrogen-bond acceptors (Lipinski definition) is 5. The fourth-order valence-corrected chi connectivity index (χ4v) is 5.33. The minimum atomic E-state index is -3.99. The van der Waals surface area contributed by atoms with Crippen LogP contribution in [0.4, 0.5) is 5.69 Å². The van der Waals surface area contributed by atoms with Crippen LogP contribution >= 0.6 is 0 Å². The van der Waals surface area contributed by atoms with E-state index in [9.17, 15) is 18.3 Å². The van der Waals surface area contributed by atoms with E-state index in [1.165, 1.54) is 10.4 Å². The van der Waals surface area contributed by atoms with Gasteiger partial charge in [0.15, 0.2) is 5.75 Å². The lowest BCUT2D eigenvalue weighted by Gasteiger charge is -2.29. The Hall–Kier alpha value is -2.58. The molecule has 0 bridgehead atoms. The number of rotatable bonds is 14. The second-order valence-electron chi connectivity index (χ2n) is 8.33. The molecule has 2 aromatic carbocycles. The maximum atomic E-state index is 13.7. The highest BCUT2D eigenvalue weighted by molar-refractivity contribution is 7.89. The number of aryl methyl sites for hydroxylation is 1. The van der Waals surface area contributed by atoms with Gasteiger partial charge >= 0.3 is 5.97 Å². The Balaban J connectivity index is 2.84. The summed E-state index contributed by atoms with van der Waals surface area (Å²) in [6, 6.07) is 10.1. The second-order valence-corrected chi connectivity index (χ2v) is 10.2. The van der Waals surface area contributed by atoms with Gasteiger partial charge in [-0.3, -0.25) is 0 Å². The maximum Gasteiger partial charge on any atom is 0.335 e. The number of anilines is 1. The molecule has 0 saturated heterocycles. The maximum absolute atomic E-state index is 13.7. The van der Waals surface area contributed by atoms with Crippen LogP contribution in [0.15, 0.2) is 41.3 Å². The van der Waals surface area contributed by atoms with Gasteiger partial charge in [-0.2, -0.15) is 4.31 Å². The Labute approximate surface area is 204 Å². The van der Waals surface area contributed by atoms with E-state index in [4.69, 9.17) is 4.74 Å². The molecule has 0 aliphatic carbocycles. The SMILES string of the molecule is CCCCN(CCCC)c1cc(C(=O)O)cc(S(=O)(=O)N(CC)CC)c1Oc1ccc(C)cc1. The van der Waals surface area contributed by atoms with Gasteiger partial charge in [0, 0.05) is 26.2 Å². The van der Waals surface area contributed by atoms with E-state index >= 15 is 0 Å². The van der Waals surface area contributed by atoms with Crippen LogP contribution in [0.2, 0.25) is 0 Å². The minimum absolute atomic E-state index is 0.0741. The summed E-state index contributed by atoms with van der Waals surface area (Å²) >= 11 is 0. The Morgan fingerprint density at radius 2 is 1.50 bits per heavy atom. The number of sulfonamides is 1. The molecular weight excluding hydrogens is 452 g/mol. The average Bonchev–Trinajstić information content (AvgIpc) is 2.81. The summed E-state index contributed by atoms with van der Waals surface area (Å²) < 4.78 is 34.9. The van der Waals surface area contributed by atoms with Crippen LogP contribution in [0.1, 0.15) is 69.3 Å². The van der Waals surface area contributed by atoms with Crippen molar-refractivity contribution in [3.05, 3.63) is 47.5 Å². The van der Waals surface area contributed by atoms with Crippen molar-refractivity contribution >= 4 is 21.7 Å². The Bertz CT molecular complexity index is 1040. The number of benzene rings is 2. The second kappa shape index (κ2) is 12.8. The topological polar surface area (TPSA) is 87.2 Å². The van der Waals surface area contributed by atoms with Crippen molar-refractivity contribution in [1.29, 1.82) is 0 Å². The summed E-state index contributed by atoms with van der Waals surface area (Å²) in [4.78, 5) is 14.0. The number of ether oxygens (including phenoxy) is 1. The van der Waals surface area contributed by atoms with Crippen LogP contribution in [-0.2, 0) is 10.0 Å². The van der Waals surface area contributed by atoms with Crippen LogP contribution in [-0.4, -0.2) is 50.0 Å². The zero-order chi connectivity index (χ0) is 25.3. The molecule has 2 aromatic rings. The molecule has 0 amide bonds. The normalized spacial score (nSPS) is 11.6. The first-order valence-electron chi connectivity index (χ1n) is 12.1. The molecule has 0 aromatic heterocycles. The Morgan fingerprint density at radius 3 is 1.97 bits per heavy atom. The van der Waals surface area contributed by atoms with Gasteiger partial charge in [-0.1, -0.05) is 58.2 Å². The lowest BCUT2D eigenvalue weighted by Crippen LogP contribution is -2.32. The predicted octanol–water partition coefficient (Wildman–Crippen LogP) is 5.92. The highest BCUT2D eigenvalue weighted by atomic mass is 32.2. The largest absolute Gasteiger partial charge is 0.478 e. The number of carbonyl (C=O) groups is 1. The summed E-state index contributed by atoms with van der Waals surface area (Å²) in [7, 11) is -3.99. The van der Waals surface area contributed by atoms with Crippen molar-refractivity contribution in [3.8, 4) is 11.5 Å². The van der Waals surface area contributed by atoms with Crippen molar-refractivity contribution in [3.63, 3.8) is 0 Å². The van der Waals surface area contributed by atoms with Gasteiger partial charge in [0.2, 0.25) is 10.0 Å². The molecule has 0 spiro atoms. The highest BCUT2D eigenvalue weighted by Crippen LogP contribution is 2.41. The number of carboxylic acids is 1. The first kappa shape index (κ1) is 27.7. The third-order valence-electron chi connectivity index (χ3n) is 5.75.